The second-order valence-electron chi connectivity index (χ2n) is 1.61. The lowest BCUT2D eigenvalue weighted by atomic mass is 10.9. The minimum absolute atomic E-state index is 0.138. The molecule has 5 heteroatoms. The molecule has 0 aromatic carbocycles. The average Bonchev–Trinajstić information content (AvgIpc) is 1.65. The Labute approximate surface area is 54.0 Å². The van der Waals surface area contributed by atoms with Crippen molar-refractivity contribution in [3.8, 4) is 0 Å². The molecule has 0 spiro atoms. The van der Waals surface area contributed by atoms with Gasteiger partial charge in [0.1, 0.15) is 0 Å². The summed E-state index contributed by atoms with van der Waals surface area (Å²) in [5.41, 5.74) is 0. The number of aliphatic hydroxyl groups is 1. The van der Waals surface area contributed by atoms with Crippen LogP contribution in [0.5, 0.6) is 0 Å². The third-order valence-corrected chi connectivity index (χ3v) is 2.36. The van der Waals surface area contributed by atoms with Gasteiger partial charge in [0, 0.05) is 0 Å². The molecule has 0 aromatic rings. The smallest absolute Gasteiger partial charge is 0.355 e. The van der Waals surface area contributed by atoms with E-state index in [0.29, 0.717) is 0 Å². The molecule has 0 fully saturated rings. The molecule has 0 rings (SSSR count). The summed E-state index contributed by atoms with van der Waals surface area (Å²) < 4.78 is 14.9. The van der Waals surface area contributed by atoms with Crippen LogP contribution in [0.3, 0.4) is 0 Å². The van der Waals surface area contributed by atoms with Gasteiger partial charge in [-0.05, 0) is 13.8 Å². The molecule has 0 heterocycles. The molecular weight excluding hydrogens is 143 g/mol. The Balaban J connectivity index is 3.87. The Morgan fingerprint density at radius 1 is 1.78 bits per heavy atom. The zero-order chi connectivity index (χ0) is 7.49. The lowest BCUT2D eigenvalue weighted by Crippen LogP contribution is -2.03. The van der Waals surface area contributed by atoms with Crippen LogP contribution in [0.15, 0.2) is 0 Å². The van der Waals surface area contributed by atoms with E-state index >= 15 is 0 Å². The molecule has 0 saturated heterocycles. The van der Waals surface area contributed by atoms with Crippen molar-refractivity contribution < 1.29 is 19.1 Å². The Morgan fingerprint density at radius 3 is 2.33 bits per heavy atom. The van der Waals surface area contributed by atoms with Crippen molar-refractivity contribution in [2.45, 2.75) is 19.7 Å². The highest BCUT2D eigenvalue weighted by molar-refractivity contribution is 7.53. The monoisotopic (exact) mass is 154 g/mol. The molecule has 0 amide bonds. The van der Waals surface area contributed by atoms with Crippen LogP contribution in [0.4, 0.5) is 0 Å². The van der Waals surface area contributed by atoms with Gasteiger partial charge in [-0.3, -0.25) is 4.57 Å². The molecule has 0 aliphatic rings. The van der Waals surface area contributed by atoms with Crippen molar-refractivity contribution >= 4 is 7.60 Å². The molecule has 2 unspecified atom stereocenters. The van der Waals surface area contributed by atoms with E-state index in [2.05, 4.69) is 4.52 Å². The summed E-state index contributed by atoms with van der Waals surface area (Å²) in [6.07, 6.45) is 0. The fraction of sp³-hybridized carbons (Fsp3) is 1.00. The minimum atomic E-state index is -3.71. The van der Waals surface area contributed by atoms with Crippen LogP contribution in [0, 0.1) is 0 Å². The Morgan fingerprint density at radius 2 is 2.22 bits per heavy atom. The van der Waals surface area contributed by atoms with E-state index in [4.69, 9.17) is 10.00 Å². The highest BCUT2D eigenvalue weighted by atomic mass is 31.2. The van der Waals surface area contributed by atoms with Gasteiger partial charge in [0.2, 0.25) is 0 Å². The summed E-state index contributed by atoms with van der Waals surface area (Å²) in [6.45, 7) is 2.94. The molecule has 56 valence electrons. The molecular formula is C4H11O4P. The van der Waals surface area contributed by atoms with E-state index in [1.807, 2.05) is 0 Å². The highest BCUT2D eigenvalue weighted by Gasteiger charge is 2.24. The van der Waals surface area contributed by atoms with Gasteiger partial charge in [-0.1, -0.05) is 0 Å². The lowest BCUT2D eigenvalue weighted by molar-refractivity contribution is 0.187. The second-order valence-corrected chi connectivity index (χ2v) is 3.75. The zero-order valence-electron chi connectivity index (χ0n) is 5.44. The van der Waals surface area contributed by atoms with Gasteiger partial charge in [0.15, 0.2) is 5.85 Å². The Kier molecular flexibility index (Phi) is 3.36. The van der Waals surface area contributed by atoms with Crippen LogP contribution in [-0.4, -0.2) is 22.5 Å². The molecule has 2 N–H and O–H groups in total. The second kappa shape index (κ2) is 3.32. The first-order valence-corrected chi connectivity index (χ1v) is 4.30. The van der Waals surface area contributed by atoms with Crippen LogP contribution in [0.2, 0.25) is 0 Å². The Hall–Kier alpha value is 0.110. The van der Waals surface area contributed by atoms with Crippen molar-refractivity contribution in [2.24, 2.45) is 0 Å². The van der Waals surface area contributed by atoms with Crippen molar-refractivity contribution in [2.75, 3.05) is 6.61 Å². The molecule has 2 atom stereocenters. The van der Waals surface area contributed by atoms with E-state index in [0.717, 1.165) is 0 Å². The fourth-order valence-corrected chi connectivity index (χ4v) is 0.879. The summed E-state index contributed by atoms with van der Waals surface area (Å²) >= 11 is 0. The molecule has 0 aromatic heterocycles. The van der Waals surface area contributed by atoms with Gasteiger partial charge in [0.25, 0.3) is 0 Å². The first-order chi connectivity index (χ1) is 4.00. The largest absolute Gasteiger partial charge is 0.381 e. The third kappa shape index (κ3) is 2.96. The average molecular weight is 154 g/mol. The van der Waals surface area contributed by atoms with Gasteiger partial charge < -0.3 is 14.5 Å². The normalized spacial score (nSPS) is 20.9. The molecule has 0 aliphatic heterocycles. The van der Waals surface area contributed by atoms with E-state index in [-0.39, 0.29) is 6.61 Å². The molecule has 0 saturated carbocycles. The maximum atomic E-state index is 10.6. The zero-order valence-corrected chi connectivity index (χ0v) is 6.34. The van der Waals surface area contributed by atoms with Crippen LogP contribution in [-0.2, 0) is 9.09 Å². The topological polar surface area (TPSA) is 66.8 Å². The number of hydrogen-bond donors (Lipinski definition) is 2. The van der Waals surface area contributed by atoms with E-state index in [1.54, 1.807) is 6.92 Å². The van der Waals surface area contributed by atoms with Crippen LogP contribution < -0.4 is 0 Å². The molecule has 0 bridgehead atoms. The Bertz CT molecular complexity index is 122. The predicted molar refractivity (Wildman–Crippen MR) is 33.1 cm³/mol. The number of rotatable bonds is 3. The minimum Gasteiger partial charge on any atom is -0.381 e. The lowest BCUT2D eigenvalue weighted by Gasteiger charge is -2.12. The molecule has 0 aliphatic carbocycles. The van der Waals surface area contributed by atoms with Gasteiger partial charge in [-0.2, -0.15) is 0 Å². The summed E-state index contributed by atoms with van der Waals surface area (Å²) in [6, 6.07) is 0. The van der Waals surface area contributed by atoms with Gasteiger partial charge in [-0.15, -0.1) is 0 Å². The molecule has 0 radical (unpaired) electrons. The van der Waals surface area contributed by atoms with Crippen LogP contribution in [0.25, 0.3) is 0 Å². The molecule has 4 nitrogen and oxygen atoms in total. The summed E-state index contributed by atoms with van der Waals surface area (Å²) in [5, 5.41) is 8.57. The van der Waals surface area contributed by atoms with E-state index in [9.17, 15) is 4.57 Å². The predicted octanol–water partition coefficient (Wildman–Crippen LogP) is 0.547. The van der Waals surface area contributed by atoms with Gasteiger partial charge in [0.05, 0.1) is 6.61 Å². The number of hydrogen-bond acceptors (Lipinski definition) is 3. The first kappa shape index (κ1) is 9.11. The van der Waals surface area contributed by atoms with Crippen molar-refractivity contribution in [3.05, 3.63) is 0 Å². The number of aliphatic hydroxyl groups excluding tert-OH is 1. The van der Waals surface area contributed by atoms with E-state index < -0.39 is 13.4 Å². The quantitative estimate of drug-likeness (QED) is 0.582. The van der Waals surface area contributed by atoms with Gasteiger partial charge in [-0.25, -0.2) is 0 Å². The highest BCUT2D eigenvalue weighted by Crippen LogP contribution is 2.45. The van der Waals surface area contributed by atoms with E-state index in [1.165, 1.54) is 6.92 Å². The van der Waals surface area contributed by atoms with Crippen molar-refractivity contribution in [3.63, 3.8) is 0 Å². The summed E-state index contributed by atoms with van der Waals surface area (Å²) in [5.74, 6) is -1.29. The van der Waals surface area contributed by atoms with Gasteiger partial charge >= 0.3 is 7.60 Å². The summed E-state index contributed by atoms with van der Waals surface area (Å²) in [4.78, 5) is 8.68. The standard InChI is InChI=1S/C4H11O4P/c1-3-8-9(6,7)4(2)5/h4-5H,3H2,1-2H3,(H,6,7). The maximum absolute atomic E-state index is 10.6. The third-order valence-electron chi connectivity index (χ3n) is 0.786. The van der Waals surface area contributed by atoms with Crippen molar-refractivity contribution in [1.29, 1.82) is 0 Å². The van der Waals surface area contributed by atoms with Crippen molar-refractivity contribution in [1.82, 2.24) is 0 Å². The molecule has 9 heavy (non-hydrogen) atoms. The summed E-state index contributed by atoms with van der Waals surface area (Å²) in [7, 11) is -3.71. The SMILES string of the molecule is CCOP(=O)(O)C(C)O. The first-order valence-electron chi connectivity index (χ1n) is 2.65. The van der Waals surface area contributed by atoms with Crippen LogP contribution >= 0.6 is 7.60 Å². The van der Waals surface area contributed by atoms with Crippen LogP contribution in [0.1, 0.15) is 13.8 Å². The maximum Gasteiger partial charge on any atom is 0.355 e. The fourth-order valence-electron chi connectivity index (χ4n) is 0.293.